The lowest BCUT2D eigenvalue weighted by Crippen LogP contribution is -2.36. The summed E-state index contributed by atoms with van der Waals surface area (Å²) in [6.07, 6.45) is 1.57. The third-order valence-corrected chi connectivity index (χ3v) is 6.19. The smallest absolute Gasteiger partial charge is 0.294 e. The van der Waals surface area contributed by atoms with Crippen LogP contribution in [0.4, 0.5) is 16.2 Å². The summed E-state index contributed by atoms with van der Waals surface area (Å²) in [5.74, 6) is -0.484. The van der Waals surface area contributed by atoms with Gasteiger partial charge in [0.05, 0.1) is 9.83 Å². The van der Waals surface area contributed by atoms with Gasteiger partial charge in [0.15, 0.2) is 0 Å². The number of nitrogens with zero attached hydrogens (tertiary/aromatic N) is 2. The molecule has 0 unspecified atom stereocenters. The number of ether oxygens (including phenoxy) is 1. The molecule has 11 heteroatoms. The predicted molar refractivity (Wildman–Crippen MR) is 137 cm³/mol. The van der Waals surface area contributed by atoms with Crippen LogP contribution in [0.15, 0.2) is 77.7 Å². The number of hydrogen-bond donors (Lipinski definition) is 1. The molecule has 4 rings (SSSR count). The third-order valence-electron chi connectivity index (χ3n) is 5.03. The molecule has 0 spiro atoms. The van der Waals surface area contributed by atoms with Gasteiger partial charge < -0.3 is 10.1 Å². The first-order chi connectivity index (χ1) is 17.3. The molecule has 1 N–H and O–H groups in total. The van der Waals surface area contributed by atoms with Gasteiger partial charge >= 0.3 is 0 Å². The number of anilines is 1. The summed E-state index contributed by atoms with van der Waals surface area (Å²) in [5, 5.41) is 13.3. The van der Waals surface area contributed by atoms with Gasteiger partial charge in [0.25, 0.3) is 16.8 Å². The second-order valence-electron chi connectivity index (χ2n) is 7.60. The number of nitro groups is 1. The normalized spacial score (nSPS) is 14.2. The number of halogens is 1. The molecule has 0 atom stereocenters. The van der Waals surface area contributed by atoms with Crippen LogP contribution >= 0.6 is 23.4 Å². The Bertz CT molecular complexity index is 1340. The lowest BCUT2D eigenvalue weighted by atomic mass is 10.2. The van der Waals surface area contributed by atoms with Gasteiger partial charge in [-0.3, -0.25) is 29.4 Å². The molecule has 3 amide bonds. The lowest BCUT2D eigenvalue weighted by molar-refractivity contribution is -0.384. The van der Waals surface area contributed by atoms with Crippen molar-refractivity contribution in [2.24, 2.45) is 0 Å². The zero-order chi connectivity index (χ0) is 25.7. The minimum atomic E-state index is -0.547. The molecule has 0 aromatic heterocycles. The number of nitro benzene ring substituents is 1. The molecule has 3 aromatic rings. The highest BCUT2D eigenvalue weighted by molar-refractivity contribution is 8.18. The Morgan fingerprint density at radius 2 is 1.69 bits per heavy atom. The van der Waals surface area contributed by atoms with Crippen LogP contribution in [0.25, 0.3) is 6.08 Å². The Labute approximate surface area is 214 Å². The Balaban J connectivity index is 1.33. The van der Waals surface area contributed by atoms with Crippen molar-refractivity contribution in [2.45, 2.75) is 6.61 Å². The number of carbonyl (C=O) groups excluding carboxylic acids is 3. The lowest BCUT2D eigenvalue weighted by Gasteiger charge is -2.12. The van der Waals surface area contributed by atoms with Crippen LogP contribution in [-0.2, 0) is 16.2 Å². The number of non-ortho nitro benzene ring substituents is 1. The van der Waals surface area contributed by atoms with Crippen molar-refractivity contribution in [3.63, 3.8) is 0 Å². The minimum Gasteiger partial charge on any atom is -0.489 e. The number of amides is 3. The topological polar surface area (TPSA) is 119 Å². The van der Waals surface area contributed by atoms with Crippen molar-refractivity contribution in [3.05, 3.63) is 104 Å². The van der Waals surface area contributed by atoms with E-state index in [0.29, 0.717) is 22.0 Å². The van der Waals surface area contributed by atoms with Crippen molar-refractivity contribution in [1.82, 2.24) is 4.90 Å². The van der Waals surface area contributed by atoms with Gasteiger partial charge in [0.1, 0.15) is 18.9 Å². The van der Waals surface area contributed by atoms with Crippen molar-refractivity contribution in [1.29, 1.82) is 0 Å². The maximum atomic E-state index is 12.7. The van der Waals surface area contributed by atoms with Gasteiger partial charge in [-0.1, -0.05) is 23.7 Å². The number of imide groups is 1. The van der Waals surface area contributed by atoms with Crippen LogP contribution in [0.2, 0.25) is 5.02 Å². The quantitative estimate of drug-likeness (QED) is 0.235. The first kappa shape index (κ1) is 25.0. The monoisotopic (exact) mass is 523 g/mol. The third kappa shape index (κ3) is 6.29. The molecule has 0 radical (unpaired) electrons. The van der Waals surface area contributed by atoms with Gasteiger partial charge in [-0.15, -0.1) is 0 Å². The van der Waals surface area contributed by atoms with Gasteiger partial charge in [0, 0.05) is 22.8 Å². The minimum absolute atomic E-state index is 0.00898. The highest BCUT2D eigenvalue weighted by Crippen LogP contribution is 2.32. The zero-order valence-corrected chi connectivity index (χ0v) is 20.1. The molecule has 1 aliphatic heterocycles. The number of nitrogens with one attached hydrogen (secondary N) is 1. The van der Waals surface area contributed by atoms with E-state index >= 15 is 0 Å². The van der Waals surface area contributed by atoms with Crippen LogP contribution in [0.3, 0.4) is 0 Å². The summed E-state index contributed by atoms with van der Waals surface area (Å²) < 4.78 is 5.69. The molecule has 3 aromatic carbocycles. The summed E-state index contributed by atoms with van der Waals surface area (Å²) in [6.45, 7) is -0.172. The molecule has 1 aliphatic rings. The molecule has 182 valence electrons. The average Bonchev–Trinajstić information content (AvgIpc) is 3.12. The van der Waals surface area contributed by atoms with E-state index < -0.39 is 28.5 Å². The number of benzene rings is 3. The molecular weight excluding hydrogens is 506 g/mol. The van der Waals surface area contributed by atoms with E-state index in [9.17, 15) is 24.5 Å². The molecule has 1 saturated heterocycles. The first-order valence-corrected chi connectivity index (χ1v) is 11.7. The van der Waals surface area contributed by atoms with E-state index in [1.165, 1.54) is 12.1 Å². The largest absolute Gasteiger partial charge is 0.489 e. The average molecular weight is 524 g/mol. The maximum absolute atomic E-state index is 12.7. The zero-order valence-electron chi connectivity index (χ0n) is 18.5. The van der Waals surface area contributed by atoms with Crippen molar-refractivity contribution in [2.75, 3.05) is 11.9 Å². The van der Waals surface area contributed by atoms with Gasteiger partial charge in [-0.25, -0.2) is 0 Å². The summed E-state index contributed by atoms with van der Waals surface area (Å²) in [4.78, 5) is 48.7. The molecule has 0 saturated carbocycles. The van der Waals surface area contributed by atoms with Gasteiger partial charge in [-0.05, 0) is 77.5 Å². The van der Waals surface area contributed by atoms with E-state index in [2.05, 4.69) is 5.32 Å². The fraction of sp³-hybridized carbons (Fsp3) is 0.0800. The molecule has 1 heterocycles. The number of rotatable bonds is 8. The highest BCUT2D eigenvalue weighted by Gasteiger charge is 2.36. The maximum Gasteiger partial charge on any atom is 0.294 e. The van der Waals surface area contributed by atoms with Crippen LogP contribution in [0.5, 0.6) is 5.75 Å². The summed E-state index contributed by atoms with van der Waals surface area (Å²) in [6, 6.07) is 19.4. The number of carbonyl (C=O) groups is 3. The number of thioether (sulfide) groups is 1. The van der Waals surface area contributed by atoms with Gasteiger partial charge in [-0.2, -0.15) is 0 Å². The van der Waals surface area contributed by atoms with Crippen LogP contribution in [0.1, 0.15) is 11.1 Å². The molecule has 0 bridgehead atoms. The fourth-order valence-corrected chi connectivity index (χ4v) is 4.17. The van der Waals surface area contributed by atoms with E-state index in [0.717, 1.165) is 22.2 Å². The molecule has 0 aliphatic carbocycles. The Hall–Kier alpha value is -4.15. The highest BCUT2D eigenvalue weighted by atomic mass is 35.5. The van der Waals surface area contributed by atoms with Crippen LogP contribution in [-0.4, -0.2) is 33.4 Å². The van der Waals surface area contributed by atoms with E-state index in [-0.39, 0.29) is 17.2 Å². The molecule has 36 heavy (non-hydrogen) atoms. The van der Waals surface area contributed by atoms with Crippen LogP contribution in [0, 0.1) is 10.1 Å². The Morgan fingerprint density at radius 3 is 2.33 bits per heavy atom. The van der Waals surface area contributed by atoms with E-state index in [1.54, 1.807) is 66.7 Å². The Kier molecular flexibility index (Phi) is 7.67. The summed E-state index contributed by atoms with van der Waals surface area (Å²) in [5.41, 5.74) is 1.96. The summed E-state index contributed by atoms with van der Waals surface area (Å²) in [7, 11) is 0. The second kappa shape index (κ2) is 11.1. The van der Waals surface area contributed by atoms with Crippen LogP contribution < -0.4 is 10.1 Å². The van der Waals surface area contributed by atoms with E-state index in [4.69, 9.17) is 16.3 Å². The number of hydrogen-bond acceptors (Lipinski definition) is 7. The van der Waals surface area contributed by atoms with Crippen molar-refractivity contribution < 1.29 is 24.0 Å². The second-order valence-corrected chi connectivity index (χ2v) is 9.03. The Morgan fingerprint density at radius 1 is 1.03 bits per heavy atom. The fourth-order valence-electron chi connectivity index (χ4n) is 3.21. The molecule has 9 nitrogen and oxygen atoms in total. The molecule has 1 fully saturated rings. The molecular formula is C25H18ClN3O6S. The predicted octanol–water partition coefficient (Wildman–Crippen LogP) is 5.50. The standard InChI is InChI=1S/C25H18ClN3O6S/c26-18-5-7-19(8-6-18)27-23(30)14-28-24(31)22(36-25(28)32)13-16-3-11-21(12-4-16)35-15-17-1-9-20(10-2-17)29(33)34/h1-13H,14-15H2,(H,27,30)/b22-13+. The van der Waals surface area contributed by atoms with Crippen molar-refractivity contribution in [3.8, 4) is 5.75 Å². The SMILES string of the molecule is O=C(CN1C(=O)S/C(=C/c2ccc(OCc3ccc([N+](=O)[O-])cc3)cc2)C1=O)Nc1ccc(Cl)cc1. The first-order valence-electron chi connectivity index (χ1n) is 10.6. The van der Waals surface area contributed by atoms with Crippen molar-refractivity contribution >= 4 is 57.9 Å². The van der Waals surface area contributed by atoms with E-state index in [1.807, 2.05) is 0 Å². The summed E-state index contributed by atoms with van der Waals surface area (Å²) >= 11 is 6.59. The van der Waals surface area contributed by atoms with Gasteiger partial charge in [0.2, 0.25) is 5.91 Å².